The van der Waals surface area contributed by atoms with Crippen molar-refractivity contribution in [1.29, 1.82) is 0 Å². The molecule has 0 spiro atoms. The van der Waals surface area contributed by atoms with Gasteiger partial charge in [-0.05, 0) is 37.6 Å². The number of fused-ring (bicyclic) bond motifs is 2. The van der Waals surface area contributed by atoms with Gasteiger partial charge in [0.15, 0.2) is 0 Å². The standard InChI is InChI=1S/C12H22N2O/c1-2-9(7-13)6-12(15)14-8-10-3-4-11(14)5-10/h9-11H,2-8,13H2,1H3. The molecule has 2 bridgehead atoms. The fourth-order valence-electron chi connectivity index (χ4n) is 2.99. The van der Waals surface area contributed by atoms with Gasteiger partial charge in [-0.1, -0.05) is 13.3 Å². The highest BCUT2D eigenvalue weighted by Gasteiger charge is 2.40. The van der Waals surface area contributed by atoms with E-state index in [1.54, 1.807) is 0 Å². The first kappa shape index (κ1) is 10.9. The van der Waals surface area contributed by atoms with Crippen molar-refractivity contribution in [2.24, 2.45) is 17.6 Å². The third-order valence-electron chi connectivity index (χ3n) is 4.10. The summed E-state index contributed by atoms with van der Waals surface area (Å²) >= 11 is 0. The molecule has 0 aromatic heterocycles. The lowest BCUT2D eigenvalue weighted by Crippen LogP contribution is -2.39. The van der Waals surface area contributed by atoms with Crippen LogP contribution in [-0.2, 0) is 4.79 Å². The molecule has 1 saturated carbocycles. The fourth-order valence-corrected chi connectivity index (χ4v) is 2.99. The van der Waals surface area contributed by atoms with Crippen LogP contribution >= 0.6 is 0 Å². The molecule has 1 saturated heterocycles. The number of nitrogens with zero attached hydrogens (tertiary/aromatic N) is 1. The second-order valence-electron chi connectivity index (χ2n) is 5.09. The smallest absolute Gasteiger partial charge is 0.223 e. The SMILES string of the molecule is CCC(CN)CC(=O)N1CC2CCC1C2. The minimum Gasteiger partial charge on any atom is -0.339 e. The molecule has 0 aromatic rings. The quantitative estimate of drug-likeness (QED) is 0.762. The Balaban J connectivity index is 1.86. The van der Waals surface area contributed by atoms with Gasteiger partial charge in [-0.3, -0.25) is 4.79 Å². The Labute approximate surface area is 92.0 Å². The number of carbonyl (C=O) groups excluding carboxylic acids is 1. The molecule has 2 aliphatic rings. The first-order valence-electron chi connectivity index (χ1n) is 6.24. The van der Waals surface area contributed by atoms with Gasteiger partial charge in [-0.15, -0.1) is 0 Å². The molecule has 1 aliphatic heterocycles. The monoisotopic (exact) mass is 210 g/mol. The number of likely N-dealkylation sites (tertiary alicyclic amines) is 1. The van der Waals surface area contributed by atoms with Crippen LogP contribution in [0.1, 0.15) is 39.0 Å². The molecule has 2 fully saturated rings. The van der Waals surface area contributed by atoms with Gasteiger partial charge >= 0.3 is 0 Å². The maximum atomic E-state index is 12.0. The van der Waals surface area contributed by atoms with E-state index in [9.17, 15) is 4.79 Å². The van der Waals surface area contributed by atoms with E-state index in [0.29, 0.717) is 30.8 Å². The summed E-state index contributed by atoms with van der Waals surface area (Å²) in [7, 11) is 0. The molecular weight excluding hydrogens is 188 g/mol. The average molecular weight is 210 g/mol. The van der Waals surface area contributed by atoms with E-state index in [2.05, 4.69) is 11.8 Å². The van der Waals surface area contributed by atoms with Crippen molar-refractivity contribution < 1.29 is 4.79 Å². The number of piperidine rings is 1. The number of amides is 1. The van der Waals surface area contributed by atoms with Crippen LogP contribution in [0.2, 0.25) is 0 Å². The van der Waals surface area contributed by atoms with Gasteiger partial charge < -0.3 is 10.6 Å². The number of hydrogen-bond acceptors (Lipinski definition) is 2. The lowest BCUT2D eigenvalue weighted by atomic mass is 10.0. The first-order valence-corrected chi connectivity index (χ1v) is 6.24. The fraction of sp³-hybridized carbons (Fsp3) is 0.917. The lowest BCUT2D eigenvalue weighted by Gasteiger charge is -2.28. The van der Waals surface area contributed by atoms with E-state index in [4.69, 9.17) is 5.73 Å². The van der Waals surface area contributed by atoms with E-state index in [-0.39, 0.29) is 0 Å². The molecule has 1 heterocycles. The Bertz CT molecular complexity index is 238. The van der Waals surface area contributed by atoms with Crippen molar-refractivity contribution in [2.45, 2.75) is 45.1 Å². The normalized spacial score (nSPS) is 30.9. The lowest BCUT2D eigenvalue weighted by molar-refractivity contribution is -0.133. The van der Waals surface area contributed by atoms with Crippen LogP contribution in [0, 0.1) is 11.8 Å². The van der Waals surface area contributed by atoms with Crippen LogP contribution in [0.4, 0.5) is 0 Å². The topological polar surface area (TPSA) is 46.3 Å². The predicted octanol–water partition coefficient (Wildman–Crippen LogP) is 1.37. The Morgan fingerprint density at radius 1 is 1.53 bits per heavy atom. The molecule has 2 rings (SSSR count). The van der Waals surface area contributed by atoms with E-state index in [0.717, 1.165) is 18.9 Å². The zero-order valence-electron chi connectivity index (χ0n) is 9.61. The highest BCUT2D eigenvalue weighted by atomic mass is 16.2. The molecule has 1 aliphatic carbocycles. The molecule has 0 radical (unpaired) electrons. The van der Waals surface area contributed by atoms with Crippen molar-refractivity contribution in [3.63, 3.8) is 0 Å². The molecule has 3 atom stereocenters. The average Bonchev–Trinajstić information content (AvgIpc) is 2.87. The van der Waals surface area contributed by atoms with Crippen LogP contribution in [0.25, 0.3) is 0 Å². The predicted molar refractivity (Wildman–Crippen MR) is 60.3 cm³/mol. The van der Waals surface area contributed by atoms with Crippen molar-refractivity contribution in [2.75, 3.05) is 13.1 Å². The number of hydrogen-bond donors (Lipinski definition) is 1. The van der Waals surface area contributed by atoms with E-state index < -0.39 is 0 Å². The molecular formula is C12H22N2O. The second kappa shape index (κ2) is 4.52. The third kappa shape index (κ3) is 2.17. The summed E-state index contributed by atoms with van der Waals surface area (Å²) in [5, 5.41) is 0. The van der Waals surface area contributed by atoms with Crippen LogP contribution in [0.3, 0.4) is 0 Å². The molecule has 2 N–H and O–H groups in total. The Hall–Kier alpha value is -0.570. The summed E-state index contributed by atoms with van der Waals surface area (Å²) in [5.41, 5.74) is 5.64. The third-order valence-corrected chi connectivity index (χ3v) is 4.10. The summed E-state index contributed by atoms with van der Waals surface area (Å²) in [6.07, 6.45) is 5.50. The summed E-state index contributed by atoms with van der Waals surface area (Å²) in [6.45, 7) is 3.77. The Morgan fingerprint density at radius 2 is 2.33 bits per heavy atom. The molecule has 3 nitrogen and oxygen atoms in total. The molecule has 15 heavy (non-hydrogen) atoms. The summed E-state index contributed by atoms with van der Waals surface area (Å²) in [4.78, 5) is 14.2. The Morgan fingerprint density at radius 3 is 2.80 bits per heavy atom. The van der Waals surface area contributed by atoms with E-state index in [1.807, 2.05) is 0 Å². The molecule has 3 unspecified atom stereocenters. The molecule has 1 amide bonds. The van der Waals surface area contributed by atoms with Crippen molar-refractivity contribution in [3.8, 4) is 0 Å². The van der Waals surface area contributed by atoms with E-state index in [1.165, 1.54) is 19.3 Å². The number of rotatable bonds is 4. The van der Waals surface area contributed by atoms with Crippen LogP contribution in [-0.4, -0.2) is 29.9 Å². The highest BCUT2D eigenvalue weighted by Crippen LogP contribution is 2.37. The Kier molecular flexibility index (Phi) is 3.29. The number of carbonyl (C=O) groups is 1. The van der Waals surface area contributed by atoms with Crippen molar-refractivity contribution >= 4 is 5.91 Å². The van der Waals surface area contributed by atoms with Gasteiger partial charge in [-0.2, -0.15) is 0 Å². The zero-order chi connectivity index (χ0) is 10.8. The maximum Gasteiger partial charge on any atom is 0.223 e. The van der Waals surface area contributed by atoms with Crippen LogP contribution in [0.5, 0.6) is 0 Å². The maximum absolute atomic E-state index is 12.0. The summed E-state index contributed by atoms with van der Waals surface area (Å²) < 4.78 is 0. The zero-order valence-corrected chi connectivity index (χ0v) is 9.61. The van der Waals surface area contributed by atoms with Gasteiger partial charge in [0.1, 0.15) is 0 Å². The first-order chi connectivity index (χ1) is 7.24. The largest absolute Gasteiger partial charge is 0.339 e. The van der Waals surface area contributed by atoms with E-state index >= 15 is 0 Å². The minimum atomic E-state index is 0.347. The van der Waals surface area contributed by atoms with Crippen molar-refractivity contribution in [1.82, 2.24) is 4.90 Å². The highest BCUT2D eigenvalue weighted by molar-refractivity contribution is 5.77. The summed E-state index contributed by atoms with van der Waals surface area (Å²) in [5.74, 6) is 1.54. The van der Waals surface area contributed by atoms with Crippen molar-refractivity contribution in [3.05, 3.63) is 0 Å². The van der Waals surface area contributed by atoms with Crippen LogP contribution in [0.15, 0.2) is 0 Å². The van der Waals surface area contributed by atoms with Gasteiger partial charge in [0, 0.05) is 19.0 Å². The summed E-state index contributed by atoms with van der Waals surface area (Å²) in [6, 6.07) is 0.567. The van der Waals surface area contributed by atoms with Gasteiger partial charge in [0.25, 0.3) is 0 Å². The molecule has 86 valence electrons. The number of nitrogens with two attached hydrogens (primary N) is 1. The molecule has 3 heteroatoms. The van der Waals surface area contributed by atoms with Gasteiger partial charge in [-0.25, -0.2) is 0 Å². The van der Waals surface area contributed by atoms with Gasteiger partial charge in [0.05, 0.1) is 0 Å². The molecule has 0 aromatic carbocycles. The minimum absolute atomic E-state index is 0.347. The second-order valence-corrected chi connectivity index (χ2v) is 5.09. The van der Waals surface area contributed by atoms with Crippen LogP contribution < -0.4 is 5.73 Å². The van der Waals surface area contributed by atoms with Gasteiger partial charge in [0.2, 0.25) is 5.91 Å².